The Morgan fingerprint density at radius 2 is 1.90 bits per heavy atom. The molecular formula is C17H24N4. The standard InChI is InChI=1S/C17H24N4/c1-4-20-7-9-21(10-8-20)17-14-6-5-13(2)11-15(14)16(18-3)12-19-17/h5-6,11-12,18H,4,7-10H2,1-3H3. The topological polar surface area (TPSA) is 31.4 Å². The number of rotatable bonds is 3. The number of benzene rings is 1. The summed E-state index contributed by atoms with van der Waals surface area (Å²) in [4.78, 5) is 9.64. The molecule has 0 radical (unpaired) electrons. The average molecular weight is 284 g/mol. The van der Waals surface area contributed by atoms with Gasteiger partial charge < -0.3 is 15.1 Å². The number of pyridine rings is 1. The third-order valence-electron chi connectivity index (χ3n) is 4.41. The summed E-state index contributed by atoms with van der Waals surface area (Å²) in [5, 5.41) is 5.77. The third kappa shape index (κ3) is 2.68. The Morgan fingerprint density at radius 3 is 2.57 bits per heavy atom. The van der Waals surface area contributed by atoms with Crippen molar-refractivity contribution in [2.24, 2.45) is 0 Å². The molecule has 2 heterocycles. The van der Waals surface area contributed by atoms with E-state index in [1.165, 1.54) is 16.3 Å². The Hall–Kier alpha value is -1.81. The predicted molar refractivity (Wildman–Crippen MR) is 90.4 cm³/mol. The molecule has 0 unspecified atom stereocenters. The molecule has 1 aliphatic heterocycles. The Bertz CT molecular complexity index is 630. The van der Waals surface area contributed by atoms with Crippen LogP contribution in [0.5, 0.6) is 0 Å². The molecule has 0 aliphatic carbocycles. The molecule has 0 bridgehead atoms. The molecule has 2 aromatic rings. The molecule has 0 atom stereocenters. The van der Waals surface area contributed by atoms with Crippen LogP contribution in [0.1, 0.15) is 12.5 Å². The summed E-state index contributed by atoms with van der Waals surface area (Å²) < 4.78 is 0. The molecule has 1 saturated heterocycles. The summed E-state index contributed by atoms with van der Waals surface area (Å²) in [7, 11) is 1.96. The van der Waals surface area contributed by atoms with Gasteiger partial charge in [0.1, 0.15) is 5.82 Å². The number of aryl methyl sites for hydroxylation is 1. The van der Waals surface area contributed by atoms with Crippen LogP contribution in [0.15, 0.2) is 24.4 Å². The van der Waals surface area contributed by atoms with Gasteiger partial charge in [-0.1, -0.05) is 24.6 Å². The summed E-state index contributed by atoms with van der Waals surface area (Å²) in [5.74, 6) is 1.12. The first-order valence-electron chi connectivity index (χ1n) is 7.77. The fourth-order valence-corrected chi connectivity index (χ4v) is 3.07. The highest BCUT2D eigenvalue weighted by Crippen LogP contribution is 2.31. The van der Waals surface area contributed by atoms with E-state index < -0.39 is 0 Å². The van der Waals surface area contributed by atoms with Gasteiger partial charge in [0.2, 0.25) is 0 Å². The molecule has 112 valence electrons. The van der Waals surface area contributed by atoms with Crippen LogP contribution < -0.4 is 10.2 Å². The van der Waals surface area contributed by atoms with E-state index in [9.17, 15) is 0 Å². The molecule has 0 spiro atoms. The van der Waals surface area contributed by atoms with E-state index in [1.807, 2.05) is 13.2 Å². The van der Waals surface area contributed by atoms with Crippen LogP contribution in [-0.4, -0.2) is 49.7 Å². The molecule has 0 saturated carbocycles. The van der Waals surface area contributed by atoms with E-state index in [-0.39, 0.29) is 0 Å². The van der Waals surface area contributed by atoms with Crippen LogP contribution in [0.4, 0.5) is 11.5 Å². The van der Waals surface area contributed by atoms with Crippen LogP contribution >= 0.6 is 0 Å². The zero-order valence-corrected chi connectivity index (χ0v) is 13.2. The number of piperazine rings is 1. The van der Waals surface area contributed by atoms with Crippen molar-refractivity contribution in [2.45, 2.75) is 13.8 Å². The molecular weight excluding hydrogens is 260 g/mol. The quantitative estimate of drug-likeness (QED) is 0.939. The summed E-state index contributed by atoms with van der Waals surface area (Å²) in [5.41, 5.74) is 2.39. The van der Waals surface area contributed by atoms with Crippen LogP contribution in [0.25, 0.3) is 10.8 Å². The average Bonchev–Trinajstić information content (AvgIpc) is 2.54. The molecule has 1 aromatic carbocycles. The van der Waals surface area contributed by atoms with Crippen LogP contribution in [0, 0.1) is 6.92 Å². The first-order chi connectivity index (χ1) is 10.2. The number of fused-ring (bicyclic) bond motifs is 1. The van der Waals surface area contributed by atoms with Gasteiger partial charge in [0.05, 0.1) is 11.9 Å². The third-order valence-corrected chi connectivity index (χ3v) is 4.41. The minimum absolute atomic E-state index is 1.06. The highest BCUT2D eigenvalue weighted by atomic mass is 15.3. The van der Waals surface area contributed by atoms with Crippen molar-refractivity contribution in [1.82, 2.24) is 9.88 Å². The number of anilines is 2. The molecule has 3 rings (SSSR count). The van der Waals surface area contributed by atoms with Crippen molar-refractivity contribution in [2.75, 3.05) is 50.0 Å². The number of aromatic nitrogens is 1. The van der Waals surface area contributed by atoms with E-state index in [0.717, 1.165) is 44.2 Å². The smallest absolute Gasteiger partial charge is 0.136 e. The summed E-state index contributed by atoms with van der Waals surface area (Å²) >= 11 is 0. The van der Waals surface area contributed by atoms with Crippen molar-refractivity contribution >= 4 is 22.3 Å². The largest absolute Gasteiger partial charge is 0.386 e. The van der Waals surface area contributed by atoms with Gasteiger partial charge in [-0.3, -0.25) is 0 Å². The number of likely N-dealkylation sites (N-methyl/N-ethyl adjacent to an activating group) is 1. The lowest BCUT2D eigenvalue weighted by Crippen LogP contribution is -2.46. The van der Waals surface area contributed by atoms with Crippen LogP contribution in [0.2, 0.25) is 0 Å². The minimum atomic E-state index is 1.06. The molecule has 1 aromatic heterocycles. The van der Waals surface area contributed by atoms with Crippen molar-refractivity contribution in [3.05, 3.63) is 30.0 Å². The molecule has 4 nitrogen and oxygen atoms in total. The Labute approximate surface area is 126 Å². The SMILES string of the molecule is CCN1CCN(c2ncc(NC)c3cc(C)ccc23)CC1. The second-order valence-corrected chi connectivity index (χ2v) is 5.72. The van der Waals surface area contributed by atoms with Crippen molar-refractivity contribution in [1.29, 1.82) is 0 Å². The normalized spacial score (nSPS) is 16.4. The molecule has 4 heteroatoms. The number of nitrogens with zero attached hydrogens (tertiary/aromatic N) is 3. The zero-order valence-electron chi connectivity index (χ0n) is 13.2. The first kappa shape index (κ1) is 14.1. The molecule has 1 fully saturated rings. The predicted octanol–water partition coefficient (Wildman–Crippen LogP) is 2.73. The number of nitrogens with one attached hydrogen (secondary N) is 1. The lowest BCUT2D eigenvalue weighted by atomic mass is 10.1. The van der Waals surface area contributed by atoms with E-state index in [4.69, 9.17) is 4.98 Å². The number of hydrogen-bond acceptors (Lipinski definition) is 4. The second-order valence-electron chi connectivity index (χ2n) is 5.72. The summed E-state index contributed by atoms with van der Waals surface area (Å²) in [6.07, 6.45) is 1.96. The molecule has 0 amide bonds. The minimum Gasteiger partial charge on any atom is -0.386 e. The molecule has 1 N–H and O–H groups in total. The van der Waals surface area contributed by atoms with Gasteiger partial charge in [-0.2, -0.15) is 0 Å². The van der Waals surface area contributed by atoms with E-state index in [2.05, 4.69) is 47.2 Å². The van der Waals surface area contributed by atoms with Gasteiger partial charge in [0.15, 0.2) is 0 Å². The van der Waals surface area contributed by atoms with Crippen molar-refractivity contribution in [3.63, 3.8) is 0 Å². The van der Waals surface area contributed by atoms with E-state index in [0.29, 0.717) is 0 Å². The summed E-state index contributed by atoms with van der Waals surface area (Å²) in [6, 6.07) is 6.63. The Balaban J connectivity index is 2.00. The fourth-order valence-electron chi connectivity index (χ4n) is 3.07. The first-order valence-corrected chi connectivity index (χ1v) is 7.77. The van der Waals surface area contributed by atoms with Gasteiger partial charge in [-0.25, -0.2) is 4.98 Å². The fraction of sp³-hybridized carbons (Fsp3) is 0.471. The van der Waals surface area contributed by atoms with Crippen LogP contribution in [-0.2, 0) is 0 Å². The maximum atomic E-state index is 4.73. The van der Waals surface area contributed by atoms with Crippen LogP contribution in [0.3, 0.4) is 0 Å². The Morgan fingerprint density at radius 1 is 1.14 bits per heavy atom. The van der Waals surface area contributed by atoms with Gasteiger partial charge in [-0.15, -0.1) is 0 Å². The lowest BCUT2D eigenvalue weighted by molar-refractivity contribution is 0.271. The monoisotopic (exact) mass is 284 g/mol. The number of hydrogen-bond donors (Lipinski definition) is 1. The molecule has 1 aliphatic rings. The molecule has 21 heavy (non-hydrogen) atoms. The Kier molecular flexibility index (Phi) is 3.97. The van der Waals surface area contributed by atoms with E-state index >= 15 is 0 Å². The van der Waals surface area contributed by atoms with Gasteiger partial charge >= 0.3 is 0 Å². The van der Waals surface area contributed by atoms with Gasteiger partial charge in [0, 0.05) is 44.0 Å². The highest BCUT2D eigenvalue weighted by Gasteiger charge is 2.19. The van der Waals surface area contributed by atoms with Gasteiger partial charge in [-0.05, 0) is 19.5 Å². The highest BCUT2D eigenvalue weighted by molar-refractivity contribution is 6.00. The maximum absolute atomic E-state index is 4.73. The van der Waals surface area contributed by atoms with E-state index in [1.54, 1.807) is 0 Å². The maximum Gasteiger partial charge on any atom is 0.136 e. The second kappa shape index (κ2) is 5.90. The summed E-state index contributed by atoms with van der Waals surface area (Å²) in [6.45, 7) is 9.87. The lowest BCUT2D eigenvalue weighted by Gasteiger charge is -2.35. The van der Waals surface area contributed by atoms with Gasteiger partial charge in [0.25, 0.3) is 0 Å². The zero-order chi connectivity index (χ0) is 14.8. The van der Waals surface area contributed by atoms with Crippen molar-refractivity contribution < 1.29 is 0 Å². The van der Waals surface area contributed by atoms with Crippen molar-refractivity contribution in [3.8, 4) is 0 Å².